The molecular formula is C25H30N2O6S. The van der Waals surface area contributed by atoms with Crippen LogP contribution in [0.2, 0.25) is 0 Å². The maximum Gasteiger partial charge on any atom is 0.338 e. The van der Waals surface area contributed by atoms with Crippen LogP contribution in [0.3, 0.4) is 0 Å². The van der Waals surface area contributed by atoms with Gasteiger partial charge in [0.15, 0.2) is 0 Å². The number of ether oxygens (including phenoxy) is 2. The first-order valence-corrected chi connectivity index (χ1v) is 13.0. The van der Waals surface area contributed by atoms with Gasteiger partial charge in [-0.3, -0.25) is 4.79 Å². The molecule has 0 radical (unpaired) electrons. The van der Waals surface area contributed by atoms with E-state index in [9.17, 15) is 18.0 Å². The molecule has 4 rings (SSSR count). The van der Waals surface area contributed by atoms with Crippen molar-refractivity contribution in [2.45, 2.75) is 50.0 Å². The first-order valence-electron chi connectivity index (χ1n) is 11.5. The summed E-state index contributed by atoms with van der Waals surface area (Å²) in [6, 6.07) is 9.62. The largest absolute Gasteiger partial charge is 0.495 e. The Morgan fingerprint density at radius 2 is 1.82 bits per heavy atom. The van der Waals surface area contributed by atoms with Crippen molar-refractivity contribution >= 4 is 27.6 Å². The molecule has 0 bridgehead atoms. The molecule has 0 saturated carbocycles. The molecule has 0 aromatic heterocycles. The van der Waals surface area contributed by atoms with Crippen LogP contribution in [-0.4, -0.2) is 58.0 Å². The summed E-state index contributed by atoms with van der Waals surface area (Å²) in [4.78, 5) is 27.4. The maximum atomic E-state index is 13.6. The summed E-state index contributed by atoms with van der Waals surface area (Å²) in [7, 11) is -1.10. The summed E-state index contributed by atoms with van der Waals surface area (Å²) in [6.45, 7) is 2.82. The Labute approximate surface area is 200 Å². The van der Waals surface area contributed by atoms with Crippen LogP contribution in [0.25, 0.3) is 0 Å². The van der Waals surface area contributed by atoms with Gasteiger partial charge in [0.1, 0.15) is 10.6 Å². The van der Waals surface area contributed by atoms with Crippen LogP contribution in [0.4, 0.5) is 5.69 Å². The van der Waals surface area contributed by atoms with Crippen LogP contribution < -0.4 is 9.64 Å². The molecule has 9 heteroatoms. The average Bonchev–Trinajstić information content (AvgIpc) is 2.86. The van der Waals surface area contributed by atoms with Gasteiger partial charge in [-0.2, -0.15) is 4.31 Å². The fourth-order valence-electron chi connectivity index (χ4n) is 4.86. The summed E-state index contributed by atoms with van der Waals surface area (Å²) < 4.78 is 38.9. The summed E-state index contributed by atoms with van der Waals surface area (Å²) in [5.74, 6) is -0.560. The van der Waals surface area contributed by atoms with Crippen LogP contribution in [0.15, 0.2) is 41.3 Å². The third-order valence-electron chi connectivity index (χ3n) is 6.64. The highest BCUT2D eigenvalue weighted by atomic mass is 32.2. The molecule has 2 aromatic rings. The number of nitrogens with zero attached hydrogens (tertiary/aromatic N) is 2. The highest BCUT2D eigenvalue weighted by molar-refractivity contribution is 7.89. The van der Waals surface area contributed by atoms with Gasteiger partial charge in [-0.15, -0.1) is 0 Å². The molecule has 2 aromatic carbocycles. The SMILES string of the molecule is COC(=O)c1cccc2c1CCCN2C(=O)c1ccc(OC)c(S(=O)(=O)N2CCCC[C@H]2C)c1. The van der Waals surface area contributed by atoms with Crippen molar-refractivity contribution in [3.63, 3.8) is 0 Å². The lowest BCUT2D eigenvalue weighted by atomic mass is 9.95. The zero-order chi connectivity index (χ0) is 24.5. The van der Waals surface area contributed by atoms with E-state index in [1.54, 1.807) is 29.2 Å². The van der Waals surface area contributed by atoms with E-state index in [1.807, 2.05) is 6.92 Å². The topological polar surface area (TPSA) is 93.2 Å². The van der Waals surface area contributed by atoms with Crippen LogP contribution in [0.5, 0.6) is 5.75 Å². The molecule has 1 amide bonds. The van der Waals surface area contributed by atoms with E-state index in [-0.39, 0.29) is 28.2 Å². The number of fused-ring (bicyclic) bond motifs is 1. The van der Waals surface area contributed by atoms with Crippen molar-refractivity contribution in [3.8, 4) is 5.75 Å². The minimum atomic E-state index is -3.85. The third-order valence-corrected chi connectivity index (χ3v) is 8.68. The van der Waals surface area contributed by atoms with E-state index in [0.717, 1.165) is 24.8 Å². The number of piperidine rings is 1. The Balaban J connectivity index is 1.73. The van der Waals surface area contributed by atoms with Crippen molar-refractivity contribution in [2.24, 2.45) is 0 Å². The van der Waals surface area contributed by atoms with Gasteiger partial charge < -0.3 is 14.4 Å². The number of carbonyl (C=O) groups is 2. The number of methoxy groups -OCH3 is 2. The van der Waals surface area contributed by atoms with Crippen molar-refractivity contribution < 1.29 is 27.5 Å². The highest BCUT2D eigenvalue weighted by Crippen LogP contribution is 2.34. The number of sulfonamides is 1. The van der Waals surface area contributed by atoms with Crippen molar-refractivity contribution in [1.82, 2.24) is 4.31 Å². The van der Waals surface area contributed by atoms with E-state index in [2.05, 4.69) is 0 Å². The number of hydrogen-bond acceptors (Lipinski definition) is 6. The van der Waals surface area contributed by atoms with Crippen molar-refractivity contribution in [1.29, 1.82) is 0 Å². The Hall–Kier alpha value is -2.91. The second-order valence-corrected chi connectivity index (χ2v) is 10.5. The van der Waals surface area contributed by atoms with Crippen LogP contribution in [-0.2, 0) is 21.2 Å². The minimum Gasteiger partial charge on any atom is -0.495 e. The highest BCUT2D eigenvalue weighted by Gasteiger charge is 2.34. The van der Waals surface area contributed by atoms with Gasteiger partial charge in [0.05, 0.1) is 19.8 Å². The van der Waals surface area contributed by atoms with Gasteiger partial charge in [0.2, 0.25) is 10.0 Å². The number of hydrogen-bond donors (Lipinski definition) is 0. The van der Waals surface area contributed by atoms with Gasteiger partial charge >= 0.3 is 5.97 Å². The Morgan fingerprint density at radius 1 is 1.03 bits per heavy atom. The van der Waals surface area contributed by atoms with E-state index in [0.29, 0.717) is 37.2 Å². The predicted octanol–water partition coefficient (Wildman–Crippen LogP) is 3.64. The summed E-state index contributed by atoms with van der Waals surface area (Å²) in [5, 5.41) is 0. The van der Waals surface area contributed by atoms with Crippen LogP contribution >= 0.6 is 0 Å². The maximum absolute atomic E-state index is 13.6. The zero-order valence-corrected chi connectivity index (χ0v) is 20.6. The lowest BCUT2D eigenvalue weighted by Crippen LogP contribution is -2.42. The molecular weight excluding hydrogens is 456 g/mol. The summed E-state index contributed by atoms with van der Waals surface area (Å²) in [6.07, 6.45) is 3.93. The standard InChI is InChI=1S/C25H30N2O6S/c1-17-8-4-5-15-27(17)34(30,31)23-16-18(12-13-22(23)32-2)24(28)26-14-7-10-19-20(25(29)33-3)9-6-11-21(19)26/h6,9,11-13,16-17H,4-5,7-8,10,14-15H2,1-3H3/t17-/m1/s1. The minimum absolute atomic E-state index is 0.00450. The molecule has 182 valence electrons. The zero-order valence-electron chi connectivity index (χ0n) is 19.7. The lowest BCUT2D eigenvalue weighted by Gasteiger charge is -2.33. The molecule has 1 atom stereocenters. The molecule has 1 saturated heterocycles. The first-order chi connectivity index (χ1) is 16.3. The van der Waals surface area contributed by atoms with Gasteiger partial charge in [-0.05, 0) is 68.5 Å². The Morgan fingerprint density at radius 3 is 2.53 bits per heavy atom. The third kappa shape index (κ3) is 4.30. The van der Waals surface area contributed by atoms with E-state index < -0.39 is 16.0 Å². The monoisotopic (exact) mass is 486 g/mol. The van der Waals surface area contributed by atoms with E-state index in [1.165, 1.54) is 30.7 Å². The number of carbonyl (C=O) groups excluding carboxylic acids is 2. The molecule has 0 unspecified atom stereocenters. The van der Waals surface area contributed by atoms with E-state index in [4.69, 9.17) is 9.47 Å². The fourth-order valence-corrected chi connectivity index (χ4v) is 6.74. The predicted molar refractivity (Wildman–Crippen MR) is 128 cm³/mol. The number of amides is 1. The van der Waals surface area contributed by atoms with Gasteiger partial charge in [-0.1, -0.05) is 12.5 Å². The van der Waals surface area contributed by atoms with Gasteiger partial charge in [0.25, 0.3) is 5.91 Å². The van der Waals surface area contributed by atoms with Crippen LogP contribution in [0, 0.1) is 0 Å². The fraction of sp³-hybridized carbons (Fsp3) is 0.440. The molecule has 8 nitrogen and oxygen atoms in total. The molecule has 2 aliphatic heterocycles. The normalized spacial score (nSPS) is 18.8. The average molecular weight is 487 g/mol. The lowest BCUT2D eigenvalue weighted by molar-refractivity contribution is 0.0599. The Bertz CT molecular complexity index is 1210. The molecule has 2 aliphatic rings. The number of anilines is 1. The number of rotatable bonds is 5. The number of benzene rings is 2. The molecule has 2 heterocycles. The second-order valence-electron chi connectivity index (χ2n) is 8.68. The van der Waals surface area contributed by atoms with Crippen molar-refractivity contribution in [3.05, 3.63) is 53.1 Å². The van der Waals surface area contributed by atoms with E-state index >= 15 is 0 Å². The first kappa shape index (κ1) is 24.2. The molecule has 0 spiro atoms. The smallest absolute Gasteiger partial charge is 0.338 e. The Kier molecular flexibility index (Phi) is 6.95. The molecule has 34 heavy (non-hydrogen) atoms. The van der Waals surface area contributed by atoms with Gasteiger partial charge in [-0.25, -0.2) is 13.2 Å². The molecule has 0 aliphatic carbocycles. The van der Waals surface area contributed by atoms with Crippen LogP contribution in [0.1, 0.15) is 58.9 Å². The summed E-state index contributed by atoms with van der Waals surface area (Å²) in [5.41, 5.74) is 2.09. The number of esters is 1. The van der Waals surface area contributed by atoms with Crippen molar-refractivity contribution in [2.75, 3.05) is 32.2 Å². The van der Waals surface area contributed by atoms with Gasteiger partial charge in [0, 0.05) is 30.4 Å². The molecule has 1 fully saturated rings. The summed E-state index contributed by atoms with van der Waals surface area (Å²) >= 11 is 0. The molecule has 0 N–H and O–H groups in total. The second kappa shape index (κ2) is 9.76. The quantitative estimate of drug-likeness (QED) is 0.599.